The predicted octanol–water partition coefficient (Wildman–Crippen LogP) is 1.50. The highest BCUT2D eigenvalue weighted by atomic mass is 32.2. The Hall–Kier alpha value is -0.340. The van der Waals surface area contributed by atoms with Crippen LogP contribution in [0.25, 0.3) is 0 Å². The molecule has 0 bridgehead atoms. The van der Waals surface area contributed by atoms with Gasteiger partial charge in [0, 0.05) is 18.4 Å². The van der Waals surface area contributed by atoms with Crippen molar-refractivity contribution in [1.82, 2.24) is 0 Å². The van der Waals surface area contributed by atoms with Crippen LogP contribution < -0.4 is 5.73 Å². The van der Waals surface area contributed by atoms with Gasteiger partial charge in [0.15, 0.2) is 0 Å². The molecule has 1 unspecified atom stereocenters. The number of ether oxygens (including phenoxy) is 1. The molecule has 0 aromatic rings. The maximum Gasteiger partial charge on any atom is 0.411 e. The Kier molecular flexibility index (Phi) is 7.81. The van der Waals surface area contributed by atoms with E-state index in [1.807, 2.05) is 0 Å². The van der Waals surface area contributed by atoms with Crippen LogP contribution in [0.2, 0.25) is 0 Å². The van der Waals surface area contributed by atoms with Crippen LogP contribution in [0.1, 0.15) is 26.2 Å². The van der Waals surface area contributed by atoms with E-state index in [1.165, 1.54) is 0 Å². The van der Waals surface area contributed by atoms with Gasteiger partial charge in [-0.2, -0.15) is 13.2 Å². The van der Waals surface area contributed by atoms with E-state index in [-0.39, 0.29) is 24.2 Å². The van der Waals surface area contributed by atoms with Gasteiger partial charge in [-0.1, -0.05) is 6.92 Å². The van der Waals surface area contributed by atoms with Gasteiger partial charge in [-0.05, 0) is 19.3 Å². The topological polar surface area (TPSA) is 69.4 Å². The van der Waals surface area contributed by atoms with Crippen LogP contribution in [-0.2, 0) is 14.6 Å². The van der Waals surface area contributed by atoms with E-state index in [4.69, 9.17) is 5.73 Å². The van der Waals surface area contributed by atoms with Crippen LogP contribution in [0, 0.1) is 0 Å². The molecule has 0 rings (SSSR count). The van der Waals surface area contributed by atoms with Crippen molar-refractivity contribution in [2.45, 2.75) is 38.4 Å². The van der Waals surface area contributed by atoms with Crippen molar-refractivity contribution in [2.75, 3.05) is 24.7 Å². The highest BCUT2D eigenvalue weighted by Gasteiger charge is 2.27. The number of hydrogen-bond acceptors (Lipinski definition) is 4. The van der Waals surface area contributed by atoms with Gasteiger partial charge >= 0.3 is 6.18 Å². The van der Waals surface area contributed by atoms with Crippen LogP contribution in [0.3, 0.4) is 0 Å². The number of hydrogen-bond donors (Lipinski definition) is 1. The zero-order valence-electron chi connectivity index (χ0n) is 10.4. The van der Waals surface area contributed by atoms with Gasteiger partial charge in [-0.25, -0.2) is 8.42 Å². The minimum Gasteiger partial charge on any atom is -0.372 e. The number of nitrogens with two attached hydrogens (primary N) is 1. The van der Waals surface area contributed by atoms with Crippen LogP contribution in [-0.4, -0.2) is 45.4 Å². The maximum absolute atomic E-state index is 11.7. The molecule has 18 heavy (non-hydrogen) atoms. The van der Waals surface area contributed by atoms with Crippen molar-refractivity contribution in [2.24, 2.45) is 5.73 Å². The van der Waals surface area contributed by atoms with E-state index in [1.54, 1.807) is 6.92 Å². The highest BCUT2D eigenvalue weighted by molar-refractivity contribution is 7.91. The van der Waals surface area contributed by atoms with Crippen LogP contribution in [0.15, 0.2) is 0 Å². The maximum atomic E-state index is 11.7. The first-order valence-electron chi connectivity index (χ1n) is 5.77. The van der Waals surface area contributed by atoms with E-state index in [0.29, 0.717) is 19.3 Å². The Morgan fingerprint density at radius 2 is 1.89 bits per heavy atom. The standard InChI is InChI=1S/C10H20F3NO3S/c1-2-18(15,16)7-3-4-9(14)5-6-17-8-10(11,12)13/h9H,2-8,14H2,1H3. The van der Waals surface area contributed by atoms with E-state index in [2.05, 4.69) is 4.74 Å². The van der Waals surface area contributed by atoms with Crippen molar-refractivity contribution >= 4 is 9.84 Å². The Balaban J connectivity index is 3.58. The highest BCUT2D eigenvalue weighted by Crippen LogP contribution is 2.14. The first kappa shape index (κ1) is 17.7. The first-order valence-corrected chi connectivity index (χ1v) is 7.59. The summed E-state index contributed by atoms with van der Waals surface area (Å²) >= 11 is 0. The lowest BCUT2D eigenvalue weighted by molar-refractivity contribution is -0.174. The average molecular weight is 291 g/mol. The number of alkyl halides is 3. The summed E-state index contributed by atoms with van der Waals surface area (Å²) in [5, 5.41) is 0. The average Bonchev–Trinajstić information content (AvgIpc) is 2.23. The summed E-state index contributed by atoms with van der Waals surface area (Å²) in [4.78, 5) is 0. The zero-order valence-corrected chi connectivity index (χ0v) is 11.2. The third kappa shape index (κ3) is 10.8. The Labute approximate surface area is 106 Å². The molecular formula is C10H20F3NO3S. The molecule has 0 saturated heterocycles. The van der Waals surface area contributed by atoms with E-state index in [0.717, 1.165) is 0 Å². The van der Waals surface area contributed by atoms with Crippen molar-refractivity contribution in [1.29, 1.82) is 0 Å². The third-order valence-electron chi connectivity index (χ3n) is 2.37. The predicted molar refractivity (Wildman–Crippen MR) is 63.0 cm³/mol. The molecule has 2 N–H and O–H groups in total. The summed E-state index contributed by atoms with van der Waals surface area (Å²) in [5.74, 6) is 0.164. The summed E-state index contributed by atoms with van der Waals surface area (Å²) in [7, 11) is -3.00. The SMILES string of the molecule is CCS(=O)(=O)CCCC(N)CCOCC(F)(F)F. The van der Waals surface area contributed by atoms with Gasteiger partial charge in [-0.15, -0.1) is 0 Å². The zero-order chi connectivity index (χ0) is 14.2. The van der Waals surface area contributed by atoms with Gasteiger partial charge in [0.05, 0.1) is 5.75 Å². The largest absolute Gasteiger partial charge is 0.411 e. The molecule has 0 saturated carbocycles. The fourth-order valence-corrected chi connectivity index (χ4v) is 2.17. The normalized spacial score (nSPS) is 14.7. The second kappa shape index (κ2) is 7.96. The molecule has 0 aliphatic heterocycles. The molecule has 110 valence electrons. The molecule has 0 spiro atoms. The molecule has 8 heteroatoms. The minimum absolute atomic E-state index is 0.0682. The summed E-state index contributed by atoms with van der Waals surface area (Å²) in [6.45, 7) is 0.228. The van der Waals surface area contributed by atoms with E-state index in [9.17, 15) is 21.6 Å². The van der Waals surface area contributed by atoms with Gasteiger partial charge in [0.1, 0.15) is 16.4 Å². The van der Waals surface area contributed by atoms with Crippen molar-refractivity contribution in [3.05, 3.63) is 0 Å². The van der Waals surface area contributed by atoms with Crippen molar-refractivity contribution in [3.8, 4) is 0 Å². The summed E-state index contributed by atoms with van der Waals surface area (Å²) in [6.07, 6.45) is -3.13. The molecule has 0 aromatic heterocycles. The quantitative estimate of drug-likeness (QED) is 0.654. The Bertz CT molecular complexity index is 317. The second-order valence-corrected chi connectivity index (χ2v) is 6.57. The molecule has 4 nitrogen and oxygen atoms in total. The smallest absolute Gasteiger partial charge is 0.372 e. The lowest BCUT2D eigenvalue weighted by Gasteiger charge is -2.12. The molecular weight excluding hydrogens is 271 g/mol. The van der Waals surface area contributed by atoms with E-state index < -0.39 is 22.6 Å². The van der Waals surface area contributed by atoms with Crippen LogP contribution in [0.4, 0.5) is 13.2 Å². The summed E-state index contributed by atoms with van der Waals surface area (Å²) < 4.78 is 61.9. The van der Waals surface area contributed by atoms with Gasteiger partial charge < -0.3 is 10.5 Å². The van der Waals surface area contributed by atoms with Crippen molar-refractivity contribution < 1.29 is 26.3 Å². The second-order valence-electron chi connectivity index (χ2n) is 4.10. The molecule has 0 fully saturated rings. The fourth-order valence-electron chi connectivity index (χ4n) is 1.28. The van der Waals surface area contributed by atoms with Crippen molar-refractivity contribution in [3.63, 3.8) is 0 Å². The third-order valence-corrected chi connectivity index (χ3v) is 4.16. The summed E-state index contributed by atoms with van der Waals surface area (Å²) in [5.41, 5.74) is 5.64. The molecule has 1 atom stereocenters. The molecule has 0 amide bonds. The number of halogens is 3. The lowest BCUT2D eigenvalue weighted by Crippen LogP contribution is -2.25. The lowest BCUT2D eigenvalue weighted by atomic mass is 10.1. The minimum atomic E-state index is -4.32. The van der Waals surface area contributed by atoms with Crippen LogP contribution >= 0.6 is 0 Å². The molecule has 0 aliphatic carbocycles. The number of sulfone groups is 1. The Morgan fingerprint density at radius 3 is 2.39 bits per heavy atom. The van der Waals surface area contributed by atoms with Gasteiger partial charge in [0.25, 0.3) is 0 Å². The molecule has 0 radical (unpaired) electrons. The monoisotopic (exact) mass is 291 g/mol. The van der Waals surface area contributed by atoms with Gasteiger partial charge in [0.2, 0.25) is 0 Å². The molecule has 0 aromatic carbocycles. The van der Waals surface area contributed by atoms with Crippen LogP contribution in [0.5, 0.6) is 0 Å². The number of rotatable bonds is 9. The van der Waals surface area contributed by atoms with E-state index >= 15 is 0 Å². The molecule has 0 aliphatic rings. The summed E-state index contributed by atoms with van der Waals surface area (Å²) in [6, 6.07) is -0.328. The fraction of sp³-hybridized carbons (Fsp3) is 1.00. The van der Waals surface area contributed by atoms with Gasteiger partial charge in [-0.3, -0.25) is 0 Å². The Morgan fingerprint density at radius 1 is 1.28 bits per heavy atom. The first-order chi connectivity index (χ1) is 8.16. The molecule has 0 heterocycles.